The number of hydrogen-bond acceptors (Lipinski definition) is 3. The van der Waals surface area contributed by atoms with Gasteiger partial charge in [0.05, 0.1) is 13.2 Å². The highest BCUT2D eigenvalue weighted by Gasteiger charge is 2.34. The van der Waals surface area contributed by atoms with Crippen molar-refractivity contribution in [3.8, 4) is 0 Å². The molecule has 2 N–H and O–H groups in total. The molecule has 2 aliphatic heterocycles. The second kappa shape index (κ2) is 7.46. The molecular weight excluding hydrogens is 379 g/mol. The molecule has 2 saturated heterocycles. The molecule has 0 aromatic rings. The number of guanidine groups is 1. The Morgan fingerprint density at radius 3 is 2.38 bits per heavy atom. The van der Waals surface area contributed by atoms with Gasteiger partial charge >= 0.3 is 0 Å². The summed E-state index contributed by atoms with van der Waals surface area (Å²) in [4.78, 5) is 7.00. The fourth-order valence-corrected chi connectivity index (χ4v) is 3.09. The lowest BCUT2D eigenvalue weighted by atomic mass is 9.89. The number of hydrogen-bond donors (Lipinski definition) is 2. The van der Waals surface area contributed by atoms with Crippen LogP contribution in [-0.4, -0.2) is 62.8 Å². The smallest absolute Gasteiger partial charge is 0.191 e. The number of aliphatic imine (C=N–C) groups is 1. The summed E-state index contributed by atoms with van der Waals surface area (Å²) in [7, 11) is 1.86. The molecule has 3 aliphatic rings. The van der Waals surface area contributed by atoms with Gasteiger partial charge in [-0.3, -0.25) is 4.99 Å². The van der Waals surface area contributed by atoms with Crippen molar-refractivity contribution in [3.05, 3.63) is 0 Å². The second-order valence-electron chi connectivity index (χ2n) is 6.91. The Kier molecular flexibility index (Phi) is 6.14. The zero-order valence-corrected chi connectivity index (χ0v) is 15.6. The molecule has 0 spiro atoms. The Balaban J connectivity index is 0.00000161. The van der Waals surface area contributed by atoms with Crippen LogP contribution < -0.4 is 10.6 Å². The minimum atomic E-state index is 0. The maximum atomic E-state index is 5.29. The molecule has 0 bridgehead atoms. The first-order chi connectivity index (χ1) is 9.68. The van der Waals surface area contributed by atoms with Crippen LogP contribution in [0.25, 0.3) is 0 Å². The van der Waals surface area contributed by atoms with Crippen molar-refractivity contribution in [3.63, 3.8) is 0 Å². The van der Waals surface area contributed by atoms with Crippen molar-refractivity contribution in [2.75, 3.05) is 39.9 Å². The van der Waals surface area contributed by atoms with Crippen LogP contribution in [0.5, 0.6) is 0 Å². The lowest BCUT2D eigenvalue weighted by Crippen LogP contribution is -2.53. The summed E-state index contributed by atoms with van der Waals surface area (Å²) in [5.74, 6) is 0.947. The number of halogens is 1. The van der Waals surface area contributed by atoms with Gasteiger partial charge in [0.25, 0.3) is 0 Å². The van der Waals surface area contributed by atoms with Gasteiger partial charge in [0, 0.05) is 44.2 Å². The van der Waals surface area contributed by atoms with Crippen LogP contribution in [0.3, 0.4) is 0 Å². The molecule has 0 aromatic carbocycles. The molecule has 0 aromatic heterocycles. The fourth-order valence-electron chi connectivity index (χ4n) is 3.09. The van der Waals surface area contributed by atoms with Crippen molar-refractivity contribution in [1.82, 2.24) is 15.5 Å². The van der Waals surface area contributed by atoms with E-state index in [1.807, 2.05) is 7.05 Å². The van der Waals surface area contributed by atoms with Crippen molar-refractivity contribution >= 4 is 29.9 Å². The summed E-state index contributed by atoms with van der Waals surface area (Å²) in [6.07, 6.45) is 5.30. The number of nitrogens with zero attached hydrogens (tertiary/aromatic N) is 2. The summed E-state index contributed by atoms with van der Waals surface area (Å²) in [6.45, 7) is 7.39. The molecule has 3 fully saturated rings. The maximum Gasteiger partial charge on any atom is 0.191 e. The van der Waals surface area contributed by atoms with E-state index in [-0.39, 0.29) is 29.4 Å². The molecule has 2 heterocycles. The average Bonchev–Trinajstić information content (AvgIpc) is 3.26. The third-order valence-electron chi connectivity index (χ3n) is 4.74. The minimum Gasteiger partial charge on any atom is -0.380 e. The van der Waals surface area contributed by atoms with Gasteiger partial charge in [0.15, 0.2) is 5.96 Å². The molecule has 0 atom stereocenters. The van der Waals surface area contributed by atoms with E-state index in [4.69, 9.17) is 4.74 Å². The summed E-state index contributed by atoms with van der Waals surface area (Å²) in [5, 5.41) is 7.03. The summed E-state index contributed by atoms with van der Waals surface area (Å²) < 4.78 is 5.29. The van der Waals surface area contributed by atoms with Gasteiger partial charge in [0.2, 0.25) is 0 Å². The van der Waals surface area contributed by atoms with E-state index in [0.29, 0.717) is 6.04 Å². The van der Waals surface area contributed by atoms with E-state index in [1.165, 1.54) is 38.8 Å². The monoisotopic (exact) mass is 408 g/mol. The number of nitrogens with one attached hydrogen (secondary N) is 2. The lowest BCUT2D eigenvalue weighted by Gasteiger charge is -2.39. The van der Waals surface area contributed by atoms with E-state index < -0.39 is 0 Å². The average molecular weight is 408 g/mol. The SMILES string of the molecule is CN=C(NCC1(C)COC1)NC1CCN(C2CC2)CC1.I. The Labute approximate surface area is 145 Å². The Hall–Kier alpha value is -0.0800. The third-order valence-corrected chi connectivity index (χ3v) is 4.74. The summed E-state index contributed by atoms with van der Waals surface area (Å²) >= 11 is 0. The van der Waals surface area contributed by atoms with Gasteiger partial charge in [-0.15, -0.1) is 24.0 Å². The summed E-state index contributed by atoms with van der Waals surface area (Å²) in [6, 6.07) is 1.48. The van der Waals surface area contributed by atoms with Crippen molar-refractivity contribution in [1.29, 1.82) is 0 Å². The first-order valence-corrected chi connectivity index (χ1v) is 7.97. The first-order valence-electron chi connectivity index (χ1n) is 7.97. The van der Waals surface area contributed by atoms with Crippen LogP contribution in [0.15, 0.2) is 4.99 Å². The van der Waals surface area contributed by atoms with Crippen LogP contribution >= 0.6 is 24.0 Å². The molecule has 1 saturated carbocycles. The largest absolute Gasteiger partial charge is 0.380 e. The molecule has 6 heteroatoms. The topological polar surface area (TPSA) is 48.9 Å². The van der Waals surface area contributed by atoms with Crippen molar-refractivity contribution < 1.29 is 4.74 Å². The molecule has 0 unspecified atom stereocenters. The van der Waals surface area contributed by atoms with Crippen LogP contribution in [0.4, 0.5) is 0 Å². The fraction of sp³-hybridized carbons (Fsp3) is 0.933. The standard InChI is InChI=1S/C15H28N4O.HI/c1-15(10-20-11-15)9-17-14(16-2)18-12-5-7-19(8-6-12)13-3-4-13;/h12-13H,3-11H2,1-2H3,(H2,16,17,18);1H. The predicted molar refractivity (Wildman–Crippen MR) is 96.5 cm³/mol. The molecule has 1 aliphatic carbocycles. The van der Waals surface area contributed by atoms with Crippen molar-refractivity contribution in [2.24, 2.45) is 10.4 Å². The Morgan fingerprint density at radius 1 is 1.24 bits per heavy atom. The van der Waals surface area contributed by atoms with Crippen LogP contribution in [-0.2, 0) is 4.74 Å². The maximum absolute atomic E-state index is 5.29. The van der Waals surface area contributed by atoms with E-state index in [1.54, 1.807) is 0 Å². The van der Waals surface area contributed by atoms with Gasteiger partial charge < -0.3 is 20.3 Å². The van der Waals surface area contributed by atoms with E-state index in [2.05, 4.69) is 27.4 Å². The van der Waals surface area contributed by atoms with Gasteiger partial charge in [0.1, 0.15) is 0 Å². The van der Waals surface area contributed by atoms with E-state index in [9.17, 15) is 0 Å². The highest BCUT2D eigenvalue weighted by Crippen LogP contribution is 2.29. The van der Waals surface area contributed by atoms with Crippen LogP contribution in [0.1, 0.15) is 32.6 Å². The Bertz CT molecular complexity index is 361. The van der Waals surface area contributed by atoms with Gasteiger partial charge in [-0.05, 0) is 25.7 Å². The first kappa shape index (κ1) is 17.3. The van der Waals surface area contributed by atoms with Crippen molar-refractivity contribution in [2.45, 2.75) is 44.7 Å². The quantitative estimate of drug-likeness (QED) is 0.420. The highest BCUT2D eigenvalue weighted by atomic mass is 127. The number of piperidine rings is 1. The zero-order chi connectivity index (χ0) is 14.0. The molecule has 0 radical (unpaired) electrons. The van der Waals surface area contributed by atoms with E-state index in [0.717, 1.165) is 31.8 Å². The molecule has 5 nitrogen and oxygen atoms in total. The summed E-state index contributed by atoms with van der Waals surface area (Å²) in [5.41, 5.74) is 0.285. The molecule has 3 rings (SSSR count). The second-order valence-corrected chi connectivity index (χ2v) is 6.91. The van der Waals surface area contributed by atoms with Gasteiger partial charge in [-0.25, -0.2) is 0 Å². The third kappa shape index (κ3) is 4.69. The zero-order valence-electron chi connectivity index (χ0n) is 13.2. The number of likely N-dealkylation sites (tertiary alicyclic amines) is 1. The molecule has 122 valence electrons. The van der Waals surface area contributed by atoms with E-state index >= 15 is 0 Å². The number of rotatable bonds is 4. The predicted octanol–water partition coefficient (Wildman–Crippen LogP) is 1.43. The normalized spacial score (nSPS) is 26.7. The van der Waals surface area contributed by atoms with Gasteiger partial charge in [-0.1, -0.05) is 6.92 Å². The Morgan fingerprint density at radius 2 is 1.90 bits per heavy atom. The minimum absolute atomic E-state index is 0. The highest BCUT2D eigenvalue weighted by molar-refractivity contribution is 14.0. The van der Waals surface area contributed by atoms with Crippen LogP contribution in [0, 0.1) is 5.41 Å². The molecular formula is C15H29IN4O. The van der Waals surface area contributed by atoms with Gasteiger partial charge in [-0.2, -0.15) is 0 Å². The molecule has 0 amide bonds. The number of ether oxygens (including phenoxy) is 1. The molecule has 21 heavy (non-hydrogen) atoms. The lowest BCUT2D eigenvalue weighted by molar-refractivity contribution is -0.0971. The van der Waals surface area contributed by atoms with Crippen LogP contribution in [0.2, 0.25) is 0 Å².